The molecule has 6 heteroatoms. The number of carbonyl (C=O) groups excluding carboxylic acids is 1. The number of aryl methyl sites for hydroxylation is 1. The molecule has 31 heavy (non-hydrogen) atoms. The summed E-state index contributed by atoms with van der Waals surface area (Å²) in [5, 5.41) is 3.77. The average molecular weight is 440 g/mol. The lowest BCUT2D eigenvalue weighted by Crippen LogP contribution is -2.33. The van der Waals surface area contributed by atoms with Crippen LogP contribution in [0.15, 0.2) is 48.5 Å². The molecule has 0 spiro atoms. The van der Waals surface area contributed by atoms with Gasteiger partial charge >= 0.3 is 0 Å². The van der Waals surface area contributed by atoms with Crippen LogP contribution in [0.25, 0.3) is 11.0 Å². The molecule has 0 atom stereocenters. The van der Waals surface area contributed by atoms with Gasteiger partial charge in [-0.25, -0.2) is 4.98 Å². The predicted molar refractivity (Wildman–Crippen MR) is 125 cm³/mol. The highest BCUT2D eigenvalue weighted by molar-refractivity contribution is 6.32. The highest BCUT2D eigenvalue weighted by atomic mass is 35.5. The van der Waals surface area contributed by atoms with E-state index >= 15 is 0 Å². The molecule has 1 aromatic heterocycles. The summed E-state index contributed by atoms with van der Waals surface area (Å²) < 4.78 is 8.09. The van der Waals surface area contributed by atoms with Crippen molar-refractivity contribution in [1.82, 2.24) is 14.9 Å². The first-order valence-electron chi connectivity index (χ1n) is 11.3. The topological polar surface area (TPSA) is 56.2 Å². The molecule has 5 nitrogen and oxygen atoms in total. The van der Waals surface area contributed by atoms with Crippen molar-refractivity contribution in [2.45, 2.75) is 51.5 Å². The smallest absolute Gasteiger partial charge is 0.223 e. The van der Waals surface area contributed by atoms with Crippen LogP contribution < -0.4 is 10.1 Å². The second-order valence-corrected chi connectivity index (χ2v) is 8.58. The summed E-state index contributed by atoms with van der Waals surface area (Å²) in [6.07, 6.45) is 7.21. The molecule has 1 N–H and O–H groups in total. The molecular weight excluding hydrogens is 410 g/mol. The minimum Gasteiger partial charge on any atom is -0.492 e. The second kappa shape index (κ2) is 10.7. The zero-order valence-corrected chi connectivity index (χ0v) is 18.6. The summed E-state index contributed by atoms with van der Waals surface area (Å²) in [6.45, 7) is 2.00. The van der Waals surface area contributed by atoms with Gasteiger partial charge in [-0.1, -0.05) is 55.1 Å². The first kappa shape index (κ1) is 21.7. The molecule has 1 amide bonds. The molecule has 0 aliphatic heterocycles. The Morgan fingerprint density at radius 3 is 2.71 bits per heavy atom. The van der Waals surface area contributed by atoms with E-state index in [0.29, 0.717) is 23.9 Å². The van der Waals surface area contributed by atoms with Crippen LogP contribution in [0.4, 0.5) is 0 Å². The van der Waals surface area contributed by atoms with E-state index < -0.39 is 0 Å². The van der Waals surface area contributed by atoms with Crippen LogP contribution in [0, 0.1) is 5.92 Å². The highest BCUT2D eigenvalue weighted by Crippen LogP contribution is 2.24. The molecule has 0 bridgehead atoms. The Bertz CT molecular complexity index is 1010. The Labute approximate surface area is 188 Å². The van der Waals surface area contributed by atoms with Crippen molar-refractivity contribution in [2.75, 3.05) is 13.2 Å². The number of imidazole rings is 1. The summed E-state index contributed by atoms with van der Waals surface area (Å²) in [4.78, 5) is 17.3. The fourth-order valence-corrected chi connectivity index (χ4v) is 4.53. The summed E-state index contributed by atoms with van der Waals surface area (Å²) in [7, 11) is 0. The van der Waals surface area contributed by atoms with Gasteiger partial charge in [0.1, 0.15) is 11.6 Å². The van der Waals surface area contributed by atoms with Gasteiger partial charge in [-0.05, 0) is 43.5 Å². The number of ether oxygens (including phenoxy) is 1. The van der Waals surface area contributed by atoms with Crippen LogP contribution in [0.2, 0.25) is 5.02 Å². The van der Waals surface area contributed by atoms with E-state index in [2.05, 4.69) is 16.0 Å². The molecule has 4 rings (SSSR count). The second-order valence-electron chi connectivity index (χ2n) is 8.18. The third kappa shape index (κ3) is 5.59. The molecule has 0 unspecified atom stereocenters. The molecule has 1 aliphatic rings. The predicted octanol–water partition coefficient (Wildman–Crippen LogP) is 5.40. The Morgan fingerprint density at radius 2 is 1.87 bits per heavy atom. The van der Waals surface area contributed by atoms with Gasteiger partial charge in [0, 0.05) is 25.4 Å². The van der Waals surface area contributed by atoms with Gasteiger partial charge in [0.25, 0.3) is 0 Å². The van der Waals surface area contributed by atoms with E-state index in [1.807, 2.05) is 42.5 Å². The summed E-state index contributed by atoms with van der Waals surface area (Å²) in [6, 6.07) is 15.7. The molecule has 1 heterocycles. The van der Waals surface area contributed by atoms with Crippen molar-refractivity contribution in [3.8, 4) is 5.75 Å². The quantitative estimate of drug-likeness (QED) is 0.454. The number of hydrogen-bond acceptors (Lipinski definition) is 3. The molecular formula is C25H30ClN3O2. The van der Waals surface area contributed by atoms with E-state index in [0.717, 1.165) is 49.1 Å². The molecule has 164 valence electrons. The Hall–Kier alpha value is -2.53. The number of benzene rings is 2. The van der Waals surface area contributed by atoms with Crippen molar-refractivity contribution in [3.63, 3.8) is 0 Å². The molecule has 0 saturated heterocycles. The van der Waals surface area contributed by atoms with Gasteiger partial charge in [0.05, 0.1) is 22.7 Å². The fraction of sp³-hybridized carbons (Fsp3) is 0.440. The van der Waals surface area contributed by atoms with E-state index in [1.54, 1.807) is 0 Å². The molecule has 3 aromatic rings. The minimum absolute atomic E-state index is 0.189. The van der Waals surface area contributed by atoms with Crippen LogP contribution in [-0.2, 0) is 17.8 Å². The number of rotatable bonds is 9. The van der Waals surface area contributed by atoms with Crippen molar-refractivity contribution < 1.29 is 9.53 Å². The molecule has 1 saturated carbocycles. The summed E-state index contributed by atoms with van der Waals surface area (Å²) in [5.41, 5.74) is 2.11. The number of hydrogen-bond donors (Lipinski definition) is 1. The summed E-state index contributed by atoms with van der Waals surface area (Å²) >= 11 is 6.17. The Kier molecular flexibility index (Phi) is 7.47. The maximum absolute atomic E-state index is 12.5. The van der Waals surface area contributed by atoms with Gasteiger partial charge in [-0.2, -0.15) is 0 Å². The number of nitrogens with one attached hydrogen (secondary N) is 1. The van der Waals surface area contributed by atoms with Crippen LogP contribution in [0.3, 0.4) is 0 Å². The lowest BCUT2D eigenvalue weighted by Gasteiger charge is -2.20. The van der Waals surface area contributed by atoms with Gasteiger partial charge in [0.2, 0.25) is 5.91 Å². The number of halogens is 1. The van der Waals surface area contributed by atoms with Gasteiger partial charge in [-0.15, -0.1) is 0 Å². The fourth-order valence-electron chi connectivity index (χ4n) is 4.34. The van der Waals surface area contributed by atoms with Crippen LogP contribution in [-0.4, -0.2) is 28.6 Å². The van der Waals surface area contributed by atoms with Crippen molar-refractivity contribution in [2.24, 2.45) is 5.92 Å². The lowest BCUT2D eigenvalue weighted by molar-refractivity contribution is -0.125. The zero-order valence-electron chi connectivity index (χ0n) is 17.9. The molecule has 1 aliphatic carbocycles. The largest absolute Gasteiger partial charge is 0.492 e. The highest BCUT2D eigenvalue weighted by Gasteiger charge is 2.20. The van der Waals surface area contributed by atoms with Gasteiger partial charge in [-0.3, -0.25) is 4.79 Å². The zero-order chi connectivity index (χ0) is 21.5. The van der Waals surface area contributed by atoms with Crippen LogP contribution >= 0.6 is 11.6 Å². The number of carbonyl (C=O) groups is 1. The number of amides is 1. The third-order valence-electron chi connectivity index (χ3n) is 5.98. The van der Waals surface area contributed by atoms with Gasteiger partial charge in [0.15, 0.2) is 0 Å². The lowest BCUT2D eigenvalue weighted by atomic mass is 9.89. The Balaban J connectivity index is 1.35. The van der Waals surface area contributed by atoms with E-state index in [4.69, 9.17) is 21.3 Å². The normalized spacial score (nSPS) is 14.6. The van der Waals surface area contributed by atoms with E-state index in [1.165, 1.54) is 19.3 Å². The van der Waals surface area contributed by atoms with Gasteiger partial charge < -0.3 is 14.6 Å². The maximum Gasteiger partial charge on any atom is 0.223 e. The number of nitrogens with zero attached hydrogens (tertiary/aromatic N) is 2. The maximum atomic E-state index is 12.5. The van der Waals surface area contributed by atoms with Crippen LogP contribution in [0.5, 0.6) is 5.75 Å². The number of fused-ring (bicyclic) bond motifs is 1. The monoisotopic (exact) mass is 439 g/mol. The number of para-hydroxylation sites is 3. The Morgan fingerprint density at radius 1 is 1.10 bits per heavy atom. The standard InChI is InChI=1S/C25H30ClN3O2/c26-20-11-4-7-14-23(20)31-18-8-17-29-22-13-6-5-12-21(22)28-24(29)15-16-27-25(30)19-9-2-1-3-10-19/h4-7,11-14,19H,1-3,8-10,15-18H2,(H,27,30). The van der Waals surface area contributed by atoms with Crippen LogP contribution in [0.1, 0.15) is 44.3 Å². The first-order valence-corrected chi connectivity index (χ1v) is 11.7. The molecule has 2 aromatic carbocycles. The van der Waals surface area contributed by atoms with Crippen molar-refractivity contribution in [1.29, 1.82) is 0 Å². The minimum atomic E-state index is 0.189. The van der Waals surface area contributed by atoms with Crippen molar-refractivity contribution in [3.05, 3.63) is 59.4 Å². The molecule has 1 fully saturated rings. The molecule has 0 radical (unpaired) electrons. The van der Waals surface area contributed by atoms with Crippen molar-refractivity contribution >= 4 is 28.5 Å². The van der Waals surface area contributed by atoms with E-state index in [-0.39, 0.29) is 11.8 Å². The average Bonchev–Trinajstić information content (AvgIpc) is 3.15. The first-order chi connectivity index (χ1) is 15.2. The number of aromatic nitrogens is 2. The summed E-state index contributed by atoms with van der Waals surface area (Å²) in [5.74, 6) is 2.11. The third-order valence-corrected chi connectivity index (χ3v) is 6.29. The SMILES string of the molecule is O=C(NCCc1nc2ccccc2n1CCCOc1ccccc1Cl)C1CCCCC1. The van der Waals surface area contributed by atoms with E-state index in [9.17, 15) is 4.79 Å².